The molecule has 8 heteroatoms. The number of benzene rings is 2. The van der Waals surface area contributed by atoms with E-state index in [2.05, 4.69) is 26.1 Å². The predicted octanol–water partition coefficient (Wildman–Crippen LogP) is 5.91. The summed E-state index contributed by atoms with van der Waals surface area (Å²) < 4.78 is 16.3. The fraction of sp³-hybridized carbons (Fsp3) is 0.484. The summed E-state index contributed by atoms with van der Waals surface area (Å²) >= 11 is 0. The molecule has 1 N–H and O–H groups in total. The van der Waals surface area contributed by atoms with Gasteiger partial charge in [-0.15, -0.1) is 0 Å². The highest BCUT2D eigenvalue weighted by Gasteiger charge is 2.34. The number of nitrogens with one attached hydrogen (secondary N) is 1. The van der Waals surface area contributed by atoms with Gasteiger partial charge in [-0.1, -0.05) is 53.2 Å². The number of ether oxygens (including phenoxy) is 3. The number of rotatable bonds is 10. The zero-order valence-electron chi connectivity index (χ0n) is 23.4. The number of hydrogen-bond donors (Lipinski definition) is 1. The SMILES string of the molecule is CC(C)COC(=O)c1ccc(NC(=O)COC(=O)c2ccccc2C(=O)O[C@@H]2C[C@@H](C)CC[C@H]2C(C)C)cc1. The molecule has 1 saturated carbocycles. The molecule has 2 aromatic rings. The molecule has 1 amide bonds. The minimum atomic E-state index is -0.793. The van der Waals surface area contributed by atoms with Crippen LogP contribution in [0.15, 0.2) is 48.5 Å². The quantitative estimate of drug-likeness (QED) is 0.296. The lowest BCUT2D eigenvalue weighted by Crippen LogP contribution is -2.36. The summed E-state index contributed by atoms with van der Waals surface area (Å²) in [6.45, 7) is 10.1. The van der Waals surface area contributed by atoms with Crippen LogP contribution >= 0.6 is 0 Å². The third kappa shape index (κ3) is 8.67. The molecule has 210 valence electrons. The number of hydrogen-bond acceptors (Lipinski definition) is 7. The van der Waals surface area contributed by atoms with Gasteiger partial charge < -0.3 is 19.5 Å². The minimum Gasteiger partial charge on any atom is -0.462 e. The Hall–Kier alpha value is -3.68. The van der Waals surface area contributed by atoms with E-state index in [0.29, 0.717) is 29.7 Å². The van der Waals surface area contributed by atoms with Crippen LogP contribution in [0.4, 0.5) is 5.69 Å². The Kier molecular flexibility index (Phi) is 10.7. The third-order valence-corrected chi connectivity index (χ3v) is 6.87. The number of carbonyl (C=O) groups excluding carboxylic acids is 4. The van der Waals surface area contributed by atoms with Gasteiger partial charge in [0.05, 0.1) is 23.3 Å². The van der Waals surface area contributed by atoms with Crippen molar-refractivity contribution >= 4 is 29.5 Å². The average molecular weight is 538 g/mol. The maximum atomic E-state index is 13.1. The van der Waals surface area contributed by atoms with Crippen LogP contribution in [-0.2, 0) is 19.0 Å². The standard InChI is InChI=1S/C31H39NO7/c1-19(2)17-37-29(34)22-11-13-23(14-12-22)32-28(33)18-38-30(35)25-8-6-7-9-26(25)31(36)39-27-16-21(5)10-15-24(27)20(3)4/h6-9,11-14,19-21,24,27H,10,15-18H2,1-5H3,(H,32,33)/t21-,24-,27+/m0/s1. The highest BCUT2D eigenvalue weighted by molar-refractivity contribution is 6.04. The van der Waals surface area contributed by atoms with E-state index in [1.165, 1.54) is 12.1 Å². The number of carbonyl (C=O) groups is 4. The fourth-order valence-corrected chi connectivity index (χ4v) is 4.71. The van der Waals surface area contributed by atoms with Gasteiger partial charge in [0.25, 0.3) is 5.91 Å². The van der Waals surface area contributed by atoms with Crippen LogP contribution in [0.2, 0.25) is 0 Å². The molecule has 0 aliphatic heterocycles. The first-order chi connectivity index (χ1) is 18.5. The number of anilines is 1. The Morgan fingerprint density at radius 3 is 2.10 bits per heavy atom. The Bertz CT molecular complexity index is 1160. The van der Waals surface area contributed by atoms with E-state index in [1.54, 1.807) is 36.4 Å². The molecule has 3 atom stereocenters. The molecule has 0 unspecified atom stereocenters. The molecule has 1 fully saturated rings. The second kappa shape index (κ2) is 13.9. The van der Waals surface area contributed by atoms with Crippen LogP contribution in [0.1, 0.15) is 85.0 Å². The predicted molar refractivity (Wildman–Crippen MR) is 147 cm³/mol. The maximum absolute atomic E-state index is 13.1. The van der Waals surface area contributed by atoms with Crippen LogP contribution in [-0.4, -0.2) is 43.1 Å². The second-order valence-electron chi connectivity index (χ2n) is 11.0. The van der Waals surface area contributed by atoms with E-state index in [4.69, 9.17) is 14.2 Å². The highest BCUT2D eigenvalue weighted by atomic mass is 16.5. The van der Waals surface area contributed by atoms with E-state index in [9.17, 15) is 19.2 Å². The van der Waals surface area contributed by atoms with E-state index < -0.39 is 30.4 Å². The lowest BCUT2D eigenvalue weighted by molar-refractivity contribution is -0.119. The third-order valence-electron chi connectivity index (χ3n) is 6.87. The molecule has 1 aliphatic rings. The molecule has 0 spiro atoms. The Labute approximate surface area is 230 Å². The van der Waals surface area contributed by atoms with Gasteiger partial charge in [-0.25, -0.2) is 14.4 Å². The van der Waals surface area contributed by atoms with E-state index in [1.807, 2.05) is 13.8 Å². The fourth-order valence-electron chi connectivity index (χ4n) is 4.71. The smallest absolute Gasteiger partial charge is 0.339 e. The zero-order chi connectivity index (χ0) is 28.5. The molecular weight excluding hydrogens is 498 g/mol. The largest absolute Gasteiger partial charge is 0.462 e. The van der Waals surface area contributed by atoms with Crippen molar-refractivity contribution in [3.8, 4) is 0 Å². The van der Waals surface area contributed by atoms with Gasteiger partial charge in [-0.3, -0.25) is 4.79 Å². The molecule has 39 heavy (non-hydrogen) atoms. The summed E-state index contributed by atoms with van der Waals surface area (Å²) in [4.78, 5) is 50.3. The average Bonchev–Trinajstić information content (AvgIpc) is 2.90. The first-order valence-electron chi connectivity index (χ1n) is 13.6. The summed E-state index contributed by atoms with van der Waals surface area (Å²) in [5, 5.41) is 2.62. The Morgan fingerprint density at radius 1 is 0.846 bits per heavy atom. The number of esters is 3. The van der Waals surface area contributed by atoms with E-state index in [0.717, 1.165) is 19.3 Å². The summed E-state index contributed by atoms with van der Waals surface area (Å²) in [7, 11) is 0. The molecule has 0 radical (unpaired) electrons. The van der Waals surface area contributed by atoms with Crippen molar-refractivity contribution in [2.24, 2.45) is 23.7 Å². The van der Waals surface area contributed by atoms with Crippen molar-refractivity contribution in [1.29, 1.82) is 0 Å². The molecular formula is C31H39NO7. The van der Waals surface area contributed by atoms with Gasteiger partial charge in [-0.2, -0.15) is 0 Å². The van der Waals surface area contributed by atoms with Gasteiger partial charge in [0.1, 0.15) is 6.10 Å². The van der Waals surface area contributed by atoms with Gasteiger partial charge in [0.2, 0.25) is 0 Å². The maximum Gasteiger partial charge on any atom is 0.339 e. The first-order valence-corrected chi connectivity index (χ1v) is 13.6. The number of amides is 1. The molecule has 2 aromatic carbocycles. The van der Waals surface area contributed by atoms with Crippen molar-refractivity contribution in [2.45, 2.75) is 60.0 Å². The lowest BCUT2D eigenvalue weighted by atomic mass is 9.75. The Balaban J connectivity index is 1.57. The summed E-state index contributed by atoms with van der Waals surface area (Å²) in [5.41, 5.74) is 0.959. The second-order valence-corrected chi connectivity index (χ2v) is 11.0. The van der Waals surface area contributed by atoms with Crippen LogP contribution in [0.25, 0.3) is 0 Å². The van der Waals surface area contributed by atoms with Crippen LogP contribution in [0.3, 0.4) is 0 Å². The van der Waals surface area contributed by atoms with E-state index in [-0.39, 0.29) is 29.1 Å². The van der Waals surface area contributed by atoms with Crippen molar-refractivity contribution in [3.05, 3.63) is 65.2 Å². The summed E-state index contributed by atoms with van der Waals surface area (Å²) in [6, 6.07) is 12.5. The van der Waals surface area contributed by atoms with E-state index >= 15 is 0 Å². The van der Waals surface area contributed by atoms with Crippen LogP contribution in [0, 0.1) is 23.7 Å². The summed E-state index contributed by atoms with van der Waals surface area (Å²) in [6.07, 6.45) is 2.69. The van der Waals surface area contributed by atoms with Gasteiger partial charge in [0, 0.05) is 5.69 Å². The van der Waals surface area contributed by atoms with Crippen molar-refractivity contribution in [2.75, 3.05) is 18.5 Å². The topological polar surface area (TPSA) is 108 Å². The monoisotopic (exact) mass is 537 g/mol. The molecule has 0 bridgehead atoms. The van der Waals surface area contributed by atoms with Crippen LogP contribution < -0.4 is 5.32 Å². The molecule has 0 aromatic heterocycles. The van der Waals surface area contributed by atoms with Gasteiger partial charge >= 0.3 is 17.9 Å². The lowest BCUT2D eigenvalue weighted by Gasteiger charge is -2.36. The molecule has 1 aliphatic carbocycles. The van der Waals surface area contributed by atoms with Crippen molar-refractivity contribution in [3.63, 3.8) is 0 Å². The molecule has 3 rings (SSSR count). The molecule has 0 heterocycles. The molecule has 0 saturated heterocycles. The normalized spacial score (nSPS) is 18.9. The zero-order valence-corrected chi connectivity index (χ0v) is 23.4. The van der Waals surface area contributed by atoms with Gasteiger partial charge in [0.15, 0.2) is 6.61 Å². The summed E-state index contributed by atoms with van der Waals surface area (Å²) in [5.74, 6) is -1.02. The minimum absolute atomic E-state index is 0.0458. The Morgan fingerprint density at radius 2 is 1.49 bits per heavy atom. The van der Waals surface area contributed by atoms with Crippen molar-refractivity contribution < 1.29 is 33.4 Å². The van der Waals surface area contributed by atoms with Gasteiger partial charge in [-0.05, 0) is 72.9 Å². The highest BCUT2D eigenvalue weighted by Crippen LogP contribution is 2.36. The van der Waals surface area contributed by atoms with Crippen molar-refractivity contribution in [1.82, 2.24) is 0 Å². The molecule has 8 nitrogen and oxygen atoms in total. The van der Waals surface area contributed by atoms with Crippen LogP contribution in [0.5, 0.6) is 0 Å². The first kappa shape index (κ1) is 29.9.